The van der Waals surface area contributed by atoms with E-state index in [0.717, 1.165) is 23.8 Å². The maximum absolute atomic E-state index is 4.54. The minimum Gasteiger partial charge on any atom is -0.357 e. The van der Waals surface area contributed by atoms with E-state index in [-0.39, 0.29) is 5.54 Å². The molecule has 0 amide bonds. The first kappa shape index (κ1) is 13.5. The summed E-state index contributed by atoms with van der Waals surface area (Å²) in [6.45, 7) is 11.9. The van der Waals surface area contributed by atoms with Crippen LogP contribution in [0.4, 0.5) is 0 Å². The molecule has 1 heterocycles. The van der Waals surface area contributed by atoms with Gasteiger partial charge >= 0.3 is 0 Å². The molecule has 0 radical (unpaired) electrons. The van der Waals surface area contributed by atoms with Crippen LogP contribution in [0.25, 0.3) is 0 Å². The maximum atomic E-state index is 4.54. The van der Waals surface area contributed by atoms with Gasteiger partial charge in [-0.1, -0.05) is 0 Å². The topological polar surface area (TPSA) is 65.1 Å². The van der Waals surface area contributed by atoms with Gasteiger partial charge in [0.1, 0.15) is 0 Å². The molecular formula is C12H23N5. The molecule has 0 aliphatic carbocycles. The molecular weight excluding hydrogens is 214 g/mol. The van der Waals surface area contributed by atoms with Gasteiger partial charge in [-0.25, -0.2) is 4.99 Å². The highest BCUT2D eigenvalue weighted by Crippen LogP contribution is 2.04. The highest BCUT2D eigenvalue weighted by molar-refractivity contribution is 5.80. The van der Waals surface area contributed by atoms with E-state index in [1.54, 1.807) is 0 Å². The van der Waals surface area contributed by atoms with Crippen molar-refractivity contribution in [2.45, 2.75) is 46.7 Å². The molecule has 0 saturated carbocycles. The number of aliphatic imine (C=N–C) groups is 1. The van der Waals surface area contributed by atoms with Crippen molar-refractivity contribution >= 4 is 5.96 Å². The fraction of sp³-hybridized carbons (Fsp3) is 0.667. The number of hydrogen-bond donors (Lipinski definition) is 3. The van der Waals surface area contributed by atoms with Crippen molar-refractivity contribution in [3.05, 3.63) is 17.5 Å². The molecule has 3 N–H and O–H groups in total. The zero-order valence-electron chi connectivity index (χ0n) is 11.4. The standard InChI is InChI=1S/C12H23N5/c1-6-13-11(16-12(3,4)5)14-7-10-8-15-17-9(10)2/h8H,6-7H2,1-5H3,(H,15,17)(H2,13,14,16). The second-order valence-corrected chi connectivity index (χ2v) is 5.09. The smallest absolute Gasteiger partial charge is 0.191 e. The molecule has 0 spiro atoms. The number of aromatic nitrogens is 2. The second-order valence-electron chi connectivity index (χ2n) is 5.09. The fourth-order valence-electron chi connectivity index (χ4n) is 1.36. The minimum absolute atomic E-state index is 0.00639. The van der Waals surface area contributed by atoms with Crippen LogP contribution in [0.3, 0.4) is 0 Å². The van der Waals surface area contributed by atoms with Crippen LogP contribution in [0, 0.1) is 6.92 Å². The van der Waals surface area contributed by atoms with Gasteiger partial charge in [-0.15, -0.1) is 0 Å². The van der Waals surface area contributed by atoms with Crippen LogP contribution in [0.1, 0.15) is 39.0 Å². The average Bonchev–Trinajstić information content (AvgIpc) is 2.59. The predicted molar refractivity (Wildman–Crippen MR) is 71.0 cm³/mol. The van der Waals surface area contributed by atoms with Gasteiger partial charge in [0.25, 0.3) is 0 Å². The molecule has 0 aliphatic heterocycles. The fourth-order valence-corrected chi connectivity index (χ4v) is 1.36. The van der Waals surface area contributed by atoms with Crippen LogP contribution >= 0.6 is 0 Å². The lowest BCUT2D eigenvalue weighted by Gasteiger charge is -2.23. The number of H-pyrrole nitrogens is 1. The zero-order valence-corrected chi connectivity index (χ0v) is 11.4. The summed E-state index contributed by atoms with van der Waals surface area (Å²) in [5.74, 6) is 0.834. The Kier molecular flexibility index (Phi) is 4.54. The van der Waals surface area contributed by atoms with Crippen molar-refractivity contribution < 1.29 is 0 Å². The van der Waals surface area contributed by atoms with Gasteiger partial charge in [0.05, 0.1) is 12.7 Å². The Bertz CT molecular complexity index is 372. The van der Waals surface area contributed by atoms with Crippen molar-refractivity contribution in [3.63, 3.8) is 0 Å². The Morgan fingerprint density at radius 3 is 2.65 bits per heavy atom. The largest absolute Gasteiger partial charge is 0.357 e. The molecule has 1 aromatic rings. The lowest BCUT2D eigenvalue weighted by molar-refractivity contribution is 0.501. The third-order valence-corrected chi connectivity index (χ3v) is 2.18. The number of aryl methyl sites for hydroxylation is 1. The monoisotopic (exact) mass is 237 g/mol. The van der Waals surface area contributed by atoms with Gasteiger partial charge in [0.15, 0.2) is 5.96 Å². The van der Waals surface area contributed by atoms with E-state index >= 15 is 0 Å². The van der Waals surface area contributed by atoms with Gasteiger partial charge in [0, 0.05) is 23.3 Å². The van der Waals surface area contributed by atoms with Gasteiger partial charge in [0.2, 0.25) is 0 Å². The van der Waals surface area contributed by atoms with Crippen molar-refractivity contribution in [3.8, 4) is 0 Å². The zero-order chi connectivity index (χ0) is 12.9. The first-order valence-electron chi connectivity index (χ1n) is 5.97. The molecule has 0 saturated heterocycles. The Hall–Kier alpha value is -1.52. The molecule has 5 nitrogen and oxygen atoms in total. The van der Waals surface area contributed by atoms with Crippen LogP contribution < -0.4 is 10.6 Å². The number of hydrogen-bond acceptors (Lipinski definition) is 2. The van der Waals surface area contributed by atoms with Crippen molar-refractivity contribution in [2.24, 2.45) is 4.99 Å². The molecule has 0 aliphatic rings. The maximum Gasteiger partial charge on any atom is 0.191 e. The third-order valence-electron chi connectivity index (χ3n) is 2.18. The average molecular weight is 237 g/mol. The summed E-state index contributed by atoms with van der Waals surface area (Å²) in [6.07, 6.45) is 1.82. The van der Waals surface area contributed by atoms with E-state index < -0.39 is 0 Å². The molecule has 0 fully saturated rings. The Balaban J connectivity index is 2.67. The molecule has 5 heteroatoms. The van der Waals surface area contributed by atoms with Gasteiger partial charge < -0.3 is 10.6 Å². The third kappa shape index (κ3) is 4.89. The van der Waals surface area contributed by atoms with Gasteiger partial charge in [-0.2, -0.15) is 5.10 Å². The quantitative estimate of drug-likeness (QED) is 0.552. The number of nitrogens with zero attached hydrogens (tertiary/aromatic N) is 2. The van der Waals surface area contributed by atoms with E-state index in [1.807, 2.05) is 13.1 Å². The van der Waals surface area contributed by atoms with Crippen molar-refractivity contribution in [1.82, 2.24) is 20.8 Å². The van der Waals surface area contributed by atoms with Crippen LogP contribution in [0.2, 0.25) is 0 Å². The first-order valence-corrected chi connectivity index (χ1v) is 5.97. The van der Waals surface area contributed by atoms with Crippen LogP contribution in [0.5, 0.6) is 0 Å². The predicted octanol–water partition coefficient (Wildman–Crippen LogP) is 1.57. The Morgan fingerprint density at radius 1 is 1.47 bits per heavy atom. The SMILES string of the molecule is CCNC(=NCc1cn[nH]c1C)NC(C)(C)C. The Labute approximate surface area is 103 Å². The minimum atomic E-state index is 0.00639. The first-order chi connectivity index (χ1) is 7.92. The van der Waals surface area contributed by atoms with Gasteiger partial charge in [-0.3, -0.25) is 5.10 Å². The molecule has 0 unspecified atom stereocenters. The molecule has 0 bridgehead atoms. The number of guanidine groups is 1. The van der Waals surface area contributed by atoms with E-state index in [9.17, 15) is 0 Å². The van der Waals surface area contributed by atoms with E-state index in [0.29, 0.717) is 6.54 Å². The highest BCUT2D eigenvalue weighted by Gasteiger charge is 2.11. The molecule has 0 atom stereocenters. The number of rotatable bonds is 3. The lowest BCUT2D eigenvalue weighted by Crippen LogP contribution is -2.47. The Morgan fingerprint density at radius 2 is 2.18 bits per heavy atom. The lowest BCUT2D eigenvalue weighted by atomic mass is 10.1. The number of nitrogens with one attached hydrogen (secondary N) is 3. The second kappa shape index (κ2) is 5.70. The summed E-state index contributed by atoms with van der Waals surface area (Å²) < 4.78 is 0. The molecule has 0 aromatic carbocycles. The summed E-state index contributed by atoms with van der Waals surface area (Å²) in [5.41, 5.74) is 2.20. The van der Waals surface area contributed by atoms with E-state index in [4.69, 9.17) is 0 Å². The van der Waals surface area contributed by atoms with E-state index in [2.05, 4.69) is 53.5 Å². The molecule has 1 rings (SSSR count). The van der Waals surface area contributed by atoms with Gasteiger partial charge in [-0.05, 0) is 34.6 Å². The summed E-state index contributed by atoms with van der Waals surface area (Å²) in [6, 6.07) is 0. The summed E-state index contributed by atoms with van der Waals surface area (Å²) in [7, 11) is 0. The summed E-state index contributed by atoms with van der Waals surface area (Å²) in [4.78, 5) is 4.54. The van der Waals surface area contributed by atoms with Crippen LogP contribution in [0.15, 0.2) is 11.2 Å². The normalized spacial score (nSPS) is 12.6. The van der Waals surface area contributed by atoms with E-state index in [1.165, 1.54) is 0 Å². The van der Waals surface area contributed by atoms with Crippen LogP contribution in [-0.4, -0.2) is 28.2 Å². The molecule has 1 aromatic heterocycles. The summed E-state index contributed by atoms with van der Waals surface area (Å²) in [5, 5.41) is 13.5. The molecule has 96 valence electrons. The number of aromatic amines is 1. The van der Waals surface area contributed by atoms with Crippen LogP contribution in [-0.2, 0) is 6.54 Å². The van der Waals surface area contributed by atoms with Crippen molar-refractivity contribution in [2.75, 3.05) is 6.54 Å². The van der Waals surface area contributed by atoms with Crippen molar-refractivity contribution in [1.29, 1.82) is 0 Å². The summed E-state index contributed by atoms with van der Waals surface area (Å²) >= 11 is 0. The highest BCUT2D eigenvalue weighted by atomic mass is 15.2. The molecule has 17 heavy (non-hydrogen) atoms.